The fraction of sp³-hybridized carbons (Fsp3) is 0.125. The van der Waals surface area contributed by atoms with E-state index in [-0.39, 0.29) is 0 Å². The summed E-state index contributed by atoms with van der Waals surface area (Å²) < 4.78 is 4.99. The average molecular weight is 161 g/mol. The first-order valence-electron chi connectivity index (χ1n) is 3.59. The van der Waals surface area contributed by atoms with Crippen LogP contribution in [0.2, 0.25) is 0 Å². The van der Waals surface area contributed by atoms with Crippen molar-refractivity contribution >= 4 is 0 Å². The molecule has 2 rings (SSSR count). The number of hydrogen-bond acceptors (Lipinski definition) is 4. The summed E-state index contributed by atoms with van der Waals surface area (Å²) in [5.41, 5.74) is 1.07. The number of nitrogens with zero attached hydrogens (tertiary/aromatic N) is 3. The summed E-state index contributed by atoms with van der Waals surface area (Å²) in [6.07, 6.45) is 5.49. The van der Waals surface area contributed by atoms with Crippen LogP contribution in [0, 0.1) is 0 Å². The first kappa shape index (κ1) is 6.97. The third-order valence-electron chi connectivity index (χ3n) is 1.48. The number of pyridine rings is 1. The molecule has 2 aromatic heterocycles. The van der Waals surface area contributed by atoms with Gasteiger partial charge in [0.15, 0.2) is 0 Å². The fourth-order valence-electron chi connectivity index (χ4n) is 0.950. The second-order valence-electron chi connectivity index (χ2n) is 2.37. The van der Waals surface area contributed by atoms with E-state index >= 15 is 0 Å². The standard InChI is InChI=1S/C8H7N3O/c1-2-7(5-9-3-1)4-8-11-10-6-12-8/h1-3,5-6H,4H2. The lowest BCUT2D eigenvalue weighted by atomic mass is 10.2. The maximum Gasteiger partial charge on any atom is 0.220 e. The third kappa shape index (κ3) is 1.47. The van der Waals surface area contributed by atoms with Crippen LogP contribution in [0.1, 0.15) is 11.5 Å². The Kier molecular flexibility index (Phi) is 1.82. The molecule has 2 aromatic rings. The summed E-state index contributed by atoms with van der Waals surface area (Å²) >= 11 is 0. The summed E-state index contributed by atoms with van der Waals surface area (Å²) in [4.78, 5) is 3.98. The van der Waals surface area contributed by atoms with E-state index in [1.54, 1.807) is 12.4 Å². The van der Waals surface area contributed by atoms with Gasteiger partial charge < -0.3 is 4.42 Å². The molecule has 0 unspecified atom stereocenters. The lowest BCUT2D eigenvalue weighted by molar-refractivity contribution is 0.504. The Morgan fingerprint density at radius 1 is 1.42 bits per heavy atom. The molecule has 4 heteroatoms. The first-order valence-corrected chi connectivity index (χ1v) is 3.59. The molecule has 0 aliphatic carbocycles. The van der Waals surface area contributed by atoms with Gasteiger partial charge in [-0.2, -0.15) is 0 Å². The van der Waals surface area contributed by atoms with Crippen molar-refractivity contribution in [2.45, 2.75) is 6.42 Å². The smallest absolute Gasteiger partial charge is 0.220 e. The van der Waals surface area contributed by atoms with E-state index in [4.69, 9.17) is 4.42 Å². The van der Waals surface area contributed by atoms with E-state index < -0.39 is 0 Å². The molecule has 0 N–H and O–H groups in total. The molecule has 0 radical (unpaired) electrons. The van der Waals surface area contributed by atoms with Gasteiger partial charge in [-0.1, -0.05) is 6.07 Å². The number of hydrogen-bond donors (Lipinski definition) is 0. The molecule has 0 aliphatic heterocycles. The van der Waals surface area contributed by atoms with E-state index in [2.05, 4.69) is 15.2 Å². The molecule has 4 nitrogen and oxygen atoms in total. The quantitative estimate of drug-likeness (QED) is 0.660. The lowest BCUT2D eigenvalue weighted by Crippen LogP contribution is -1.88. The zero-order valence-corrected chi connectivity index (χ0v) is 6.34. The normalized spacial score (nSPS) is 10.0. The highest BCUT2D eigenvalue weighted by Gasteiger charge is 1.99. The van der Waals surface area contributed by atoms with Crippen molar-refractivity contribution in [2.75, 3.05) is 0 Å². The summed E-state index contributed by atoms with van der Waals surface area (Å²) in [5.74, 6) is 0.614. The van der Waals surface area contributed by atoms with Crippen LogP contribution >= 0.6 is 0 Å². The van der Waals surface area contributed by atoms with Gasteiger partial charge in [0.25, 0.3) is 0 Å². The van der Waals surface area contributed by atoms with Crippen molar-refractivity contribution < 1.29 is 4.42 Å². The van der Waals surface area contributed by atoms with Crippen LogP contribution in [-0.4, -0.2) is 15.2 Å². The summed E-state index contributed by atoms with van der Waals surface area (Å²) in [5, 5.41) is 7.35. The average Bonchev–Trinajstić information content (AvgIpc) is 2.59. The van der Waals surface area contributed by atoms with E-state index in [0.717, 1.165) is 5.56 Å². The van der Waals surface area contributed by atoms with Gasteiger partial charge in [0, 0.05) is 12.4 Å². The van der Waals surface area contributed by atoms with Crippen molar-refractivity contribution in [1.29, 1.82) is 0 Å². The predicted octanol–water partition coefficient (Wildman–Crippen LogP) is 1.06. The second kappa shape index (κ2) is 3.13. The van der Waals surface area contributed by atoms with Crippen LogP contribution in [0.3, 0.4) is 0 Å². The van der Waals surface area contributed by atoms with Crippen LogP contribution in [0.25, 0.3) is 0 Å². The predicted molar refractivity (Wildman–Crippen MR) is 41.3 cm³/mol. The maximum absolute atomic E-state index is 4.99. The van der Waals surface area contributed by atoms with E-state index in [9.17, 15) is 0 Å². The van der Waals surface area contributed by atoms with Crippen LogP contribution in [0.5, 0.6) is 0 Å². The molecule has 0 aliphatic rings. The molecular weight excluding hydrogens is 154 g/mol. The highest BCUT2D eigenvalue weighted by molar-refractivity contribution is 5.12. The minimum atomic E-state index is 0.614. The van der Waals surface area contributed by atoms with Gasteiger partial charge in [0.1, 0.15) is 0 Å². The molecule has 0 fully saturated rings. The summed E-state index contributed by atoms with van der Waals surface area (Å²) in [6, 6.07) is 3.85. The Labute approximate surface area is 69.3 Å². The molecule has 0 amide bonds. The molecule has 60 valence electrons. The van der Waals surface area contributed by atoms with E-state index in [0.29, 0.717) is 12.3 Å². The summed E-state index contributed by atoms with van der Waals surface area (Å²) in [7, 11) is 0. The maximum atomic E-state index is 4.99. The minimum Gasteiger partial charge on any atom is -0.428 e. The molecule has 2 heterocycles. The monoisotopic (exact) mass is 161 g/mol. The molecule has 0 atom stereocenters. The van der Waals surface area contributed by atoms with Crippen molar-refractivity contribution in [3.05, 3.63) is 42.4 Å². The number of rotatable bonds is 2. The highest BCUT2D eigenvalue weighted by atomic mass is 16.4. The minimum absolute atomic E-state index is 0.614. The molecule has 0 aromatic carbocycles. The second-order valence-corrected chi connectivity index (χ2v) is 2.37. The molecular formula is C8H7N3O. The topological polar surface area (TPSA) is 51.8 Å². The van der Waals surface area contributed by atoms with Crippen LogP contribution in [-0.2, 0) is 6.42 Å². The molecule has 0 saturated heterocycles. The van der Waals surface area contributed by atoms with Crippen molar-refractivity contribution in [2.24, 2.45) is 0 Å². The Balaban J connectivity index is 2.15. The Bertz CT molecular complexity index is 330. The molecule has 0 saturated carbocycles. The van der Waals surface area contributed by atoms with Gasteiger partial charge in [-0.25, -0.2) is 0 Å². The van der Waals surface area contributed by atoms with Gasteiger partial charge in [0.05, 0.1) is 6.42 Å². The molecule has 0 spiro atoms. The number of aromatic nitrogens is 3. The molecule has 0 bridgehead atoms. The molecule has 12 heavy (non-hydrogen) atoms. The van der Waals surface area contributed by atoms with Crippen molar-refractivity contribution in [3.63, 3.8) is 0 Å². The van der Waals surface area contributed by atoms with Crippen LogP contribution in [0.15, 0.2) is 35.3 Å². The zero-order valence-electron chi connectivity index (χ0n) is 6.34. The Morgan fingerprint density at radius 2 is 2.42 bits per heavy atom. The third-order valence-corrected chi connectivity index (χ3v) is 1.48. The van der Waals surface area contributed by atoms with Gasteiger partial charge in [-0.05, 0) is 11.6 Å². The van der Waals surface area contributed by atoms with Gasteiger partial charge >= 0.3 is 0 Å². The zero-order chi connectivity index (χ0) is 8.23. The Morgan fingerprint density at radius 3 is 3.08 bits per heavy atom. The fourth-order valence-corrected chi connectivity index (χ4v) is 0.950. The van der Waals surface area contributed by atoms with Gasteiger partial charge in [-0.15, -0.1) is 10.2 Å². The van der Waals surface area contributed by atoms with Crippen LogP contribution < -0.4 is 0 Å². The lowest BCUT2D eigenvalue weighted by Gasteiger charge is -1.92. The first-order chi connectivity index (χ1) is 5.95. The largest absolute Gasteiger partial charge is 0.428 e. The Hall–Kier alpha value is -1.71. The van der Waals surface area contributed by atoms with E-state index in [1.165, 1.54) is 6.39 Å². The van der Waals surface area contributed by atoms with Gasteiger partial charge in [0.2, 0.25) is 12.3 Å². The highest BCUT2D eigenvalue weighted by Crippen LogP contribution is 2.03. The van der Waals surface area contributed by atoms with Crippen molar-refractivity contribution in [3.8, 4) is 0 Å². The van der Waals surface area contributed by atoms with Gasteiger partial charge in [-0.3, -0.25) is 4.98 Å². The van der Waals surface area contributed by atoms with E-state index in [1.807, 2.05) is 12.1 Å². The summed E-state index contributed by atoms with van der Waals surface area (Å²) in [6.45, 7) is 0. The SMILES string of the molecule is c1cncc(Cc2nnco2)c1. The van der Waals surface area contributed by atoms with Crippen molar-refractivity contribution in [1.82, 2.24) is 15.2 Å². The van der Waals surface area contributed by atoms with Crippen LogP contribution in [0.4, 0.5) is 0 Å².